The number of pyridine rings is 1. The molecule has 0 spiro atoms. The molecule has 2 aromatic rings. The van der Waals surface area contributed by atoms with E-state index in [2.05, 4.69) is 24.9 Å². The van der Waals surface area contributed by atoms with Crippen LogP contribution in [-0.4, -0.2) is 10.2 Å². The monoisotopic (exact) mass is 218 g/mol. The van der Waals surface area contributed by atoms with Crippen molar-refractivity contribution in [2.24, 2.45) is 0 Å². The summed E-state index contributed by atoms with van der Waals surface area (Å²) in [4.78, 5) is 5.56. The van der Waals surface area contributed by atoms with Gasteiger partial charge in [-0.3, -0.25) is 4.98 Å². The van der Waals surface area contributed by atoms with E-state index in [0.717, 1.165) is 16.6 Å². The molecule has 15 heavy (non-hydrogen) atoms. The maximum atomic E-state index is 5.88. The summed E-state index contributed by atoms with van der Waals surface area (Å²) >= 11 is 1.84. The minimum Gasteiger partial charge on any atom is -0.397 e. The Morgan fingerprint density at radius 2 is 2.07 bits per heavy atom. The zero-order chi connectivity index (χ0) is 10.8. The number of aromatic nitrogens is 1. The molecule has 3 heteroatoms. The van der Waals surface area contributed by atoms with Gasteiger partial charge < -0.3 is 5.73 Å². The van der Waals surface area contributed by atoms with Gasteiger partial charge in [0.05, 0.1) is 11.2 Å². The van der Waals surface area contributed by atoms with Crippen molar-refractivity contribution < 1.29 is 0 Å². The summed E-state index contributed by atoms with van der Waals surface area (Å²) in [6.45, 7) is 4.37. The van der Waals surface area contributed by atoms with Gasteiger partial charge in [0.2, 0.25) is 0 Å². The van der Waals surface area contributed by atoms with Gasteiger partial charge in [0.25, 0.3) is 0 Å². The molecule has 2 N–H and O–H groups in total. The molecule has 0 unspecified atom stereocenters. The molecule has 0 fully saturated rings. The van der Waals surface area contributed by atoms with E-state index >= 15 is 0 Å². The maximum Gasteiger partial charge on any atom is 0.0942 e. The van der Waals surface area contributed by atoms with E-state index in [0.29, 0.717) is 5.25 Å². The molecule has 0 amide bonds. The summed E-state index contributed by atoms with van der Waals surface area (Å²) in [6, 6.07) is 7.98. The van der Waals surface area contributed by atoms with E-state index in [1.807, 2.05) is 36.2 Å². The zero-order valence-corrected chi connectivity index (χ0v) is 9.71. The molecule has 1 heterocycles. The third-order valence-corrected chi connectivity index (χ3v) is 3.21. The fourth-order valence-electron chi connectivity index (χ4n) is 1.53. The zero-order valence-electron chi connectivity index (χ0n) is 8.90. The predicted octanol–water partition coefficient (Wildman–Crippen LogP) is 3.32. The molecule has 0 radical (unpaired) electrons. The van der Waals surface area contributed by atoms with Gasteiger partial charge >= 0.3 is 0 Å². The van der Waals surface area contributed by atoms with Crippen LogP contribution in [0, 0.1) is 0 Å². The average molecular weight is 218 g/mol. The van der Waals surface area contributed by atoms with Gasteiger partial charge in [-0.1, -0.05) is 26.0 Å². The Hall–Kier alpha value is -1.22. The number of hydrogen-bond acceptors (Lipinski definition) is 3. The lowest BCUT2D eigenvalue weighted by atomic mass is 10.2. The Kier molecular flexibility index (Phi) is 2.82. The minimum absolute atomic E-state index is 0.567. The fraction of sp³-hybridized carbons (Fsp3) is 0.250. The first-order chi connectivity index (χ1) is 7.18. The molecule has 1 aromatic carbocycles. The first kappa shape index (κ1) is 10.3. The summed E-state index contributed by atoms with van der Waals surface area (Å²) in [7, 11) is 0. The quantitative estimate of drug-likeness (QED) is 0.621. The summed E-state index contributed by atoms with van der Waals surface area (Å²) in [6.07, 6.45) is 1.82. The number of hydrogen-bond donors (Lipinski definition) is 1. The Labute approximate surface area is 93.9 Å². The van der Waals surface area contributed by atoms with Crippen LogP contribution in [0.3, 0.4) is 0 Å². The number of fused-ring (bicyclic) bond motifs is 1. The van der Waals surface area contributed by atoms with Crippen molar-refractivity contribution in [2.45, 2.75) is 24.0 Å². The van der Waals surface area contributed by atoms with Crippen molar-refractivity contribution in [3.63, 3.8) is 0 Å². The van der Waals surface area contributed by atoms with Gasteiger partial charge in [-0.15, -0.1) is 11.8 Å². The van der Waals surface area contributed by atoms with E-state index in [-0.39, 0.29) is 0 Å². The molecule has 0 aliphatic carbocycles. The van der Waals surface area contributed by atoms with Gasteiger partial charge in [-0.2, -0.15) is 0 Å². The third-order valence-electron chi connectivity index (χ3n) is 2.12. The largest absolute Gasteiger partial charge is 0.397 e. The molecule has 78 valence electrons. The second kappa shape index (κ2) is 4.11. The Balaban J connectivity index is 2.61. The van der Waals surface area contributed by atoms with Crippen molar-refractivity contribution >= 4 is 28.4 Å². The smallest absolute Gasteiger partial charge is 0.0942 e. The van der Waals surface area contributed by atoms with Crippen molar-refractivity contribution in [1.82, 2.24) is 4.98 Å². The molecule has 2 nitrogen and oxygen atoms in total. The lowest BCUT2D eigenvalue weighted by molar-refractivity contribution is 1.11. The van der Waals surface area contributed by atoms with E-state index in [9.17, 15) is 0 Å². The SMILES string of the molecule is CC(C)Sc1ccnc2c(N)cccc12. The average Bonchev–Trinajstić information content (AvgIpc) is 2.19. The number of benzene rings is 1. The van der Waals surface area contributed by atoms with Gasteiger partial charge in [0.1, 0.15) is 0 Å². The molecule has 0 aliphatic heterocycles. The highest BCUT2D eigenvalue weighted by molar-refractivity contribution is 8.00. The summed E-state index contributed by atoms with van der Waals surface area (Å²) in [5.74, 6) is 0. The maximum absolute atomic E-state index is 5.88. The number of anilines is 1. The lowest BCUT2D eigenvalue weighted by Crippen LogP contribution is -1.92. The highest BCUT2D eigenvalue weighted by Gasteiger charge is 2.05. The van der Waals surface area contributed by atoms with Crippen molar-refractivity contribution in [1.29, 1.82) is 0 Å². The first-order valence-electron chi connectivity index (χ1n) is 4.98. The number of thioether (sulfide) groups is 1. The van der Waals surface area contributed by atoms with E-state index in [4.69, 9.17) is 5.73 Å². The molecule has 1 aromatic heterocycles. The van der Waals surface area contributed by atoms with Crippen LogP contribution < -0.4 is 5.73 Å². The molecule has 2 rings (SSSR count). The van der Waals surface area contributed by atoms with Crippen molar-refractivity contribution in [2.75, 3.05) is 5.73 Å². The standard InChI is InChI=1S/C12H14N2S/c1-8(2)15-11-6-7-14-12-9(11)4-3-5-10(12)13/h3-8H,13H2,1-2H3. The van der Waals surface area contributed by atoms with Crippen LogP contribution in [-0.2, 0) is 0 Å². The van der Waals surface area contributed by atoms with Crippen LogP contribution >= 0.6 is 11.8 Å². The number of nitrogen functional groups attached to an aromatic ring is 1. The molecular formula is C12H14N2S. The molecule has 0 saturated carbocycles. The molecule has 0 aliphatic rings. The Morgan fingerprint density at radius 1 is 1.27 bits per heavy atom. The normalized spacial score (nSPS) is 11.1. The summed E-state index contributed by atoms with van der Waals surface area (Å²) < 4.78 is 0. The number of rotatable bonds is 2. The summed E-state index contributed by atoms with van der Waals surface area (Å²) in [5.41, 5.74) is 7.54. The number of para-hydroxylation sites is 1. The van der Waals surface area contributed by atoms with Gasteiger partial charge in [-0.25, -0.2) is 0 Å². The van der Waals surface area contributed by atoms with Crippen LogP contribution in [0.25, 0.3) is 10.9 Å². The Bertz CT molecular complexity index is 480. The second-order valence-electron chi connectivity index (χ2n) is 3.72. The predicted molar refractivity (Wildman–Crippen MR) is 67.1 cm³/mol. The molecule has 0 atom stereocenters. The summed E-state index contributed by atoms with van der Waals surface area (Å²) in [5, 5.41) is 1.72. The third kappa shape index (κ3) is 2.07. The number of nitrogens with two attached hydrogens (primary N) is 1. The highest BCUT2D eigenvalue weighted by Crippen LogP contribution is 2.31. The molecule has 0 bridgehead atoms. The van der Waals surface area contributed by atoms with Crippen LogP contribution in [0.5, 0.6) is 0 Å². The van der Waals surface area contributed by atoms with Gasteiger partial charge in [0.15, 0.2) is 0 Å². The fourth-order valence-corrected chi connectivity index (χ4v) is 2.47. The van der Waals surface area contributed by atoms with E-state index in [1.165, 1.54) is 4.90 Å². The van der Waals surface area contributed by atoms with E-state index in [1.54, 1.807) is 0 Å². The highest BCUT2D eigenvalue weighted by atomic mass is 32.2. The van der Waals surface area contributed by atoms with Gasteiger partial charge in [-0.05, 0) is 12.1 Å². The Morgan fingerprint density at radius 3 is 2.80 bits per heavy atom. The minimum atomic E-state index is 0.567. The molecular weight excluding hydrogens is 204 g/mol. The van der Waals surface area contributed by atoms with Crippen molar-refractivity contribution in [3.05, 3.63) is 30.5 Å². The van der Waals surface area contributed by atoms with Crippen LogP contribution in [0.4, 0.5) is 5.69 Å². The first-order valence-corrected chi connectivity index (χ1v) is 5.86. The lowest BCUT2D eigenvalue weighted by Gasteiger charge is -2.08. The van der Waals surface area contributed by atoms with Crippen molar-refractivity contribution in [3.8, 4) is 0 Å². The second-order valence-corrected chi connectivity index (χ2v) is 5.34. The van der Waals surface area contributed by atoms with Crippen LogP contribution in [0.2, 0.25) is 0 Å². The van der Waals surface area contributed by atoms with E-state index < -0.39 is 0 Å². The topological polar surface area (TPSA) is 38.9 Å². The van der Waals surface area contributed by atoms with Gasteiger partial charge in [0, 0.05) is 21.7 Å². The molecule has 0 saturated heterocycles. The number of nitrogens with zero attached hydrogens (tertiary/aromatic N) is 1. The van der Waals surface area contributed by atoms with Crippen LogP contribution in [0.15, 0.2) is 35.4 Å². The van der Waals surface area contributed by atoms with Crippen LogP contribution in [0.1, 0.15) is 13.8 Å².